The molecule has 1 amide bonds. The maximum atomic E-state index is 12.7. The molecule has 0 bridgehead atoms. The van der Waals surface area contributed by atoms with Crippen LogP contribution >= 0.6 is 0 Å². The molecule has 1 aromatic heterocycles. The number of para-hydroxylation sites is 1. The molecule has 2 aromatic rings. The van der Waals surface area contributed by atoms with E-state index in [9.17, 15) is 4.79 Å². The number of hydrogen-bond donors (Lipinski definition) is 2. The van der Waals surface area contributed by atoms with Crippen LogP contribution in [-0.2, 0) is 6.54 Å². The molecule has 0 spiro atoms. The van der Waals surface area contributed by atoms with Crippen LogP contribution in [0.3, 0.4) is 0 Å². The number of amides is 1. The lowest BCUT2D eigenvalue weighted by molar-refractivity contribution is 0.0928. The Kier molecular flexibility index (Phi) is 5.34. The third-order valence-corrected chi connectivity index (χ3v) is 4.77. The zero-order chi connectivity index (χ0) is 16.1. The second kappa shape index (κ2) is 7.64. The van der Waals surface area contributed by atoms with Crippen molar-refractivity contribution in [1.82, 2.24) is 9.88 Å². The number of nitrogens with zero attached hydrogens (tertiary/aromatic N) is 1. The van der Waals surface area contributed by atoms with E-state index in [1.165, 1.54) is 12.8 Å². The Balaban J connectivity index is 1.80. The Labute approximate surface area is 137 Å². The molecule has 0 aliphatic heterocycles. The summed E-state index contributed by atoms with van der Waals surface area (Å²) < 4.78 is 2.14. The van der Waals surface area contributed by atoms with Crippen LogP contribution in [0.1, 0.15) is 55.4 Å². The number of carbonyl (C=O) groups is 1. The number of aryl methyl sites for hydroxylation is 1. The predicted octanol–water partition coefficient (Wildman–Crippen LogP) is 3.48. The van der Waals surface area contributed by atoms with E-state index in [-0.39, 0.29) is 12.5 Å². The van der Waals surface area contributed by atoms with Crippen molar-refractivity contribution in [2.75, 3.05) is 6.61 Å². The van der Waals surface area contributed by atoms with Gasteiger partial charge in [-0.3, -0.25) is 4.79 Å². The molecule has 4 heteroatoms. The van der Waals surface area contributed by atoms with Gasteiger partial charge in [0.15, 0.2) is 0 Å². The van der Waals surface area contributed by atoms with E-state index in [1.807, 2.05) is 18.2 Å². The number of carbonyl (C=O) groups excluding carboxylic acids is 1. The highest BCUT2D eigenvalue weighted by Gasteiger charge is 2.21. The Morgan fingerprint density at radius 1 is 1.17 bits per heavy atom. The van der Waals surface area contributed by atoms with Crippen LogP contribution in [0.4, 0.5) is 0 Å². The Hall–Kier alpha value is -1.81. The molecule has 1 heterocycles. The fraction of sp³-hybridized carbons (Fsp3) is 0.526. The highest BCUT2D eigenvalue weighted by atomic mass is 16.2. The van der Waals surface area contributed by atoms with Gasteiger partial charge >= 0.3 is 0 Å². The molecule has 0 radical (unpaired) electrons. The summed E-state index contributed by atoms with van der Waals surface area (Å²) in [4.78, 5) is 12.7. The number of rotatable bonds is 7. The van der Waals surface area contributed by atoms with Crippen molar-refractivity contribution >= 4 is 16.8 Å². The minimum Gasteiger partial charge on any atom is -0.396 e. The lowest BCUT2D eigenvalue weighted by atomic mass is 10.2. The van der Waals surface area contributed by atoms with Crippen molar-refractivity contribution in [3.8, 4) is 0 Å². The second-order valence-electron chi connectivity index (χ2n) is 6.48. The molecule has 2 N–H and O–H groups in total. The predicted molar refractivity (Wildman–Crippen MR) is 92.6 cm³/mol. The second-order valence-corrected chi connectivity index (χ2v) is 6.48. The van der Waals surface area contributed by atoms with E-state index in [1.54, 1.807) is 0 Å². The largest absolute Gasteiger partial charge is 0.396 e. The first-order valence-electron chi connectivity index (χ1n) is 8.79. The minimum absolute atomic E-state index is 0.0512. The van der Waals surface area contributed by atoms with Gasteiger partial charge in [-0.1, -0.05) is 31.0 Å². The standard InChI is InChI=1S/C19H26N2O2/c22-13-7-1-6-12-21-17-11-5-2-8-15(17)14-18(21)19(23)20-16-9-3-4-10-16/h2,5,8,11,14,16,22H,1,3-4,6-7,9-10,12-13H2,(H,20,23). The van der Waals surface area contributed by atoms with Gasteiger partial charge in [0, 0.05) is 30.1 Å². The van der Waals surface area contributed by atoms with Crippen LogP contribution in [0.2, 0.25) is 0 Å². The fourth-order valence-corrected chi connectivity index (χ4v) is 3.53. The monoisotopic (exact) mass is 314 g/mol. The number of hydrogen-bond acceptors (Lipinski definition) is 2. The Morgan fingerprint density at radius 3 is 2.74 bits per heavy atom. The Bertz CT molecular complexity index is 656. The summed E-state index contributed by atoms with van der Waals surface area (Å²) >= 11 is 0. The van der Waals surface area contributed by atoms with Crippen molar-refractivity contribution in [3.63, 3.8) is 0 Å². The van der Waals surface area contributed by atoms with Crippen LogP contribution in [0.25, 0.3) is 10.9 Å². The lowest BCUT2D eigenvalue weighted by Gasteiger charge is -2.14. The van der Waals surface area contributed by atoms with E-state index < -0.39 is 0 Å². The lowest BCUT2D eigenvalue weighted by Crippen LogP contribution is -2.34. The average molecular weight is 314 g/mol. The molecule has 124 valence electrons. The first kappa shape index (κ1) is 16.1. The van der Waals surface area contributed by atoms with Crippen LogP contribution in [0.15, 0.2) is 30.3 Å². The van der Waals surface area contributed by atoms with Gasteiger partial charge in [0.05, 0.1) is 0 Å². The number of aliphatic hydroxyl groups excluding tert-OH is 1. The normalized spacial score (nSPS) is 15.3. The molecule has 1 aliphatic carbocycles. The number of aliphatic hydroxyl groups is 1. The van der Waals surface area contributed by atoms with Crippen molar-refractivity contribution in [3.05, 3.63) is 36.0 Å². The summed E-state index contributed by atoms with van der Waals surface area (Å²) in [5, 5.41) is 13.2. The molecular formula is C19H26N2O2. The average Bonchev–Trinajstić information content (AvgIpc) is 3.19. The van der Waals surface area contributed by atoms with E-state index in [2.05, 4.69) is 22.0 Å². The van der Waals surface area contributed by atoms with Gasteiger partial charge in [-0.25, -0.2) is 0 Å². The molecule has 1 fully saturated rings. The topological polar surface area (TPSA) is 54.3 Å². The van der Waals surface area contributed by atoms with Gasteiger partial charge in [-0.05, 0) is 44.2 Å². The Morgan fingerprint density at radius 2 is 1.96 bits per heavy atom. The van der Waals surface area contributed by atoms with E-state index in [4.69, 9.17) is 5.11 Å². The molecule has 1 aliphatic rings. The van der Waals surface area contributed by atoms with E-state index in [0.29, 0.717) is 6.04 Å². The molecule has 3 rings (SSSR count). The van der Waals surface area contributed by atoms with Gasteiger partial charge < -0.3 is 15.0 Å². The highest BCUT2D eigenvalue weighted by molar-refractivity contribution is 5.98. The third-order valence-electron chi connectivity index (χ3n) is 4.77. The molecule has 1 aromatic carbocycles. The number of unbranched alkanes of at least 4 members (excludes halogenated alkanes) is 2. The van der Waals surface area contributed by atoms with Crippen LogP contribution in [0, 0.1) is 0 Å². The maximum Gasteiger partial charge on any atom is 0.268 e. The van der Waals surface area contributed by atoms with Gasteiger partial charge in [0.2, 0.25) is 0 Å². The summed E-state index contributed by atoms with van der Waals surface area (Å²) in [7, 11) is 0. The SMILES string of the molecule is O=C(NC1CCCC1)c1cc2ccccc2n1CCCCCO. The minimum atomic E-state index is 0.0512. The van der Waals surface area contributed by atoms with Crippen molar-refractivity contribution in [2.24, 2.45) is 0 Å². The van der Waals surface area contributed by atoms with Gasteiger partial charge in [0.1, 0.15) is 5.69 Å². The number of nitrogens with one attached hydrogen (secondary N) is 1. The quantitative estimate of drug-likeness (QED) is 0.769. The first-order chi connectivity index (χ1) is 11.3. The van der Waals surface area contributed by atoms with Crippen molar-refractivity contribution in [2.45, 2.75) is 57.5 Å². The van der Waals surface area contributed by atoms with Crippen LogP contribution in [0.5, 0.6) is 0 Å². The highest BCUT2D eigenvalue weighted by Crippen LogP contribution is 2.22. The zero-order valence-corrected chi connectivity index (χ0v) is 13.6. The van der Waals surface area contributed by atoms with Gasteiger partial charge in [-0.2, -0.15) is 0 Å². The molecule has 23 heavy (non-hydrogen) atoms. The summed E-state index contributed by atoms with van der Waals surface area (Å²) in [6.07, 6.45) is 7.41. The number of fused-ring (bicyclic) bond motifs is 1. The van der Waals surface area contributed by atoms with Gasteiger partial charge in [-0.15, -0.1) is 0 Å². The smallest absolute Gasteiger partial charge is 0.268 e. The third kappa shape index (κ3) is 3.75. The summed E-state index contributed by atoms with van der Waals surface area (Å²) in [6, 6.07) is 10.5. The molecule has 4 nitrogen and oxygen atoms in total. The molecule has 0 atom stereocenters. The summed E-state index contributed by atoms with van der Waals surface area (Å²) in [6.45, 7) is 1.06. The van der Waals surface area contributed by atoms with Gasteiger partial charge in [0.25, 0.3) is 5.91 Å². The zero-order valence-electron chi connectivity index (χ0n) is 13.6. The van der Waals surface area contributed by atoms with Crippen LogP contribution < -0.4 is 5.32 Å². The fourth-order valence-electron chi connectivity index (χ4n) is 3.53. The van der Waals surface area contributed by atoms with Crippen molar-refractivity contribution in [1.29, 1.82) is 0 Å². The van der Waals surface area contributed by atoms with E-state index in [0.717, 1.165) is 55.2 Å². The maximum absolute atomic E-state index is 12.7. The molecule has 1 saturated carbocycles. The molecule has 0 unspecified atom stereocenters. The number of aromatic nitrogens is 1. The summed E-state index contributed by atoms with van der Waals surface area (Å²) in [5.41, 5.74) is 1.88. The summed E-state index contributed by atoms with van der Waals surface area (Å²) in [5.74, 6) is 0.0512. The molecule has 0 saturated heterocycles. The van der Waals surface area contributed by atoms with Crippen LogP contribution in [-0.4, -0.2) is 28.2 Å². The van der Waals surface area contributed by atoms with E-state index >= 15 is 0 Å². The molecular weight excluding hydrogens is 288 g/mol. The first-order valence-corrected chi connectivity index (χ1v) is 8.79. The van der Waals surface area contributed by atoms with Crippen molar-refractivity contribution < 1.29 is 9.90 Å². The number of benzene rings is 1.